The molecule has 0 radical (unpaired) electrons. The Morgan fingerprint density at radius 3 is 2.71 bits per heavy atom. The molecule has 0 bridgehead atoms. The maximum atomic E-state index is 3.61. The first-order valence-corrected chi connectivity index (χ1v) is 7.86. The van der Waals surface area contributed by atoms with Crippen LogP contribution in [-0.2, 0) is 6.42 Å². The molecule has 3 heteroatoms. The summed E-state index contributed by atoms with van der Waals surface area (Å²) in [6.07, 6.45) is 1.11. The second-order valence-electron chi connectivity index (χ2n) is 4.15. The number of rotatable bonds is 5. The van der Waals surface area contributed by atoms with Gasteiger partial charge < -0.3 is 5.32 Å². The van der Waals surface area contributed by atoms with E-state index < -0.39 is 0 Å². The highest BCUT2D eigenvalue weighted by Gasteiger charge is 2.18. The molecule has 92 valence electrons. The molecule has 0 aliphatic rings. The van der Waals surface area contributed by atoms with Gasteiger partial charge in [-0.1, -0.05) is 13.8 Å². The van der Waals surface area contributed by atoms with Crippen molar-refractivity contribution in [2.45, 2.75) is 33.2 Å². The molecule has 17 heavy (non-hydrogen) atoms. The van der Waals surface area contributed by atoms with Crippen molar-refractivity contribution in [1.29, 1.82) is 0 Å². The standard InChI is InChI=1S/C14H19NS2/c1-4-11-6-7-16-14(11)13(15-5-2)12-8-10(3)17-9-12/h6-9,13,15H,4-5H2,1-3H3. The predicted molar refractivity (Wildman–Crippen MR) is 78.3 cm³/mol. The molecule has 0 spiro atoms. The topological polar surface area (TPSA) is 12.0 Å². The van der Waals surface area contributed by atoms with E-state index in [9.17, 15) is 0 Å². The average molecular weight is 265 g/mol. The Labute approximate surface area is 112 Å². The van der Waals surface area contributed by atoms with Crippen LogP contribution < -0.4 is 5.32 Å². The fourth-order valence-electron chi connectivity index (χ4n) is 2.07. The molecule has 1 unspecified atom stereocenters. The van der Waals surface area contributed by atoms with Crippen LogP contribution in [0.3, 0.4) is 0 Å². The molecule has 1 nitrogen and oxygen atoms in total. The van der Waals surface area contributed by atoms with Crippen LogP contribution in [0.4, 0.5) is 0 Å². The molecule has 0 saturated heterocycles. The van der Waals surface area contributed by atoms with Crippen molar-refractivity contribution in [3.05, 3.63) is 43.8 Å². The fraction of sp³-hybridized carbons (Fsp3) is 0.429. The highest BCUT2D eigenvalue weighted by Crippen LogP contribution is 2.32. The second kappa shape index (κ2) is 5.80. The van der Waals surface area contributed by atoms with Crippen LogP contribution in [0.2, 0.25) is 0 Å². The predicted octanol–water partition coefficient (Wildman–Crippen LogP) is 4.38. The maximum absolute atomic E-state index is 3.61. The molecule has 2 aromatic rings. The lowest BCUT2D eigenvalue weighted by Gasteiger charge is -2.17. The minimum Gasteiger partial charge on any atom is -0.306 e. The van der Waals surface area contributed by atoms with Gasteiger partial charge in [0.05, 0.1) is 6.04 Å². The Morgan fingerprint density at radius 1 is 1.29 bits per heavy atom. The van der Waals surface area contributed by atoms with E-state index in [0.29, 0.717) is 6.04 Å². The molecule has 0 aromatic carbocycles. The van der Waals surface area contributed by atoms with E-state index in [1.54, 1.807) is 0 Å². The van der Waals surface area contributed by atoms with Crippen LogP contribution in [0.5, 0.6) is 0 Å². The first-order chi connectivity index (χ1) is 8.26. The van der Waals surface area contributed by atoms with Crippen molar-refractivity contribution >= 4 is 22.7 Å². The van der Waals surface area contributed by atoms with Gasteiger partial charge in [-0.25, -0.2) is 0 Å². The summed E-state index contributed by atoms with van der Waals surface area (Å²) in [6.45, 7) is 7.58. The zero-order valence-corrected chi connectivity index (χ0v) is 12.3. The van der Waals surface area contributed by atoms with E-state index >= 15 is 0 Å². The quantitative estimate of drug-likeness (QED) is 0.846. The summed E-state index contributed by atoms with van der Waals surface area (Å²) in [4.78, 5) is 2.87. The van der Waals surface area contributed by atoms with Gasteiger partial charge in [0.15, 0.2) is 0 Å². The molecule has 2 heterocycles. The molecule has 0 amide bonds. The van der Waals surface area contributed by atoms with E-state index in [1.165, 1.54) is 20.9 Å². The summed E-state index contributed by atoms with van der Waals surface area (Å²) >= 11 is 3.70. The molecule has 0 aliphatic heterocycles. The van der Waals surface area contributed by atoms with Gasteiger partial charge in [-0.05, 0) is 53.9 Å². The van der Waals surface area contributed by atoms with Crippen LogP contribution >= 0.6 is 22.7 Å². The van der Waals surface area contributed by atoms with Crippen LogP contribution in [-0.4, -0.2) is 6.54 Å². The number of thiophene rings is 2. The number of nitrogens with one attached hydrogen (secondary N) is 1. The Kier molecular flexibility index (Phi) is 4.37. The monoisotopic (exact) mass is 265 g/mol. The van der Waals surface area contributed by atoms with Gasteiger partial charge >= 0.3 is 0 Å². The van der Waals surface area contributed by atoms with Crippen molar-refractivity contribution < 1.29 is 0 Å². The van der Waals surface area contributed by atoms with Gasteiger partial charge in [0.1, 0.15) is 0 Å². The number of hydrogen-bond donors (Lipinski definition) is 1. The lowest BCUT2D eigenvalue weighted by molar-refractivity contribution is 0.637. The number of hydrogen-bond acceptors (Lipinski definition) is 3. The highest BCUT2D eigenvalue weighted by molar-refractivity contribution is 7.10. The zero-order valence-electron chi connectivity index (χ0n) is 10.6. The van der Waals surface area contributed by atoms with Crippen LogP contribution in [0, 0.1) is 6.92 Å². The van der Waals surface area contributed by atoms with Crippen molar-refractivity contribution in [1.82, 2.24) is 5.32 Å². The molecular formula is C14H19NS2. The summed E-state index contributed by atoms with van der Waals surface area (Å²) in [5.74, 6) is 0. The summed E-state index contributed by atoms with van der Waals surface area (Å²) in [5.41, 5.74) is 2.89. The van der Waals surface area contributed by atoms with Gasteiger partial charge in [0, 0.05) is 9.75 Å². The van der Waals surface area contributed by atoms with Crippen molar-refractivity contribution in [3.8, 4) is 0 Å². The normalized spacial score (nSPS) is 12.9. The molecular weight excluding hydrogens is 246 g/mol. The molecule has 1 atom stereocenters. The van der Waals surface area contributed by atoms with Crippen molar-refractivity contribution in [2.75, 3.05) is 6.54 Å². The summed E-state index contributed by atoms with van der Waals surface area (Å²) in [7, 11) is 0. The number of aryl methyl sites for hydroxylation is 2. The third-order valence-corrected chi connectivity index (χ3v) is 4.82. The SMILES string of the molecule is CCNC(c1csc(C)c1)c1sccc1CC. The highest BCUT2D eigenvalue weighted by atomic mass is 32.1. The van der Waals surface area contributed by atoms with E-state index in [-0.39, 0.29) is 0 Å². The maximum Gasteiger partial charge on any atom is 0.0681 e. The van der Waals surface area contributed by atoms with Gasteiger partial charge in [-0.3, -0.25) is 0 Å². The van der Waals surface area contributed by atoms with Crippen molar-refractivity contribution in [3.63, 3.8) is 0 Å². The minimum absolute atomic E-state index is 0.375. The smallest absolute Gasteiger partial charge is 0.0681 e. The van der Waals surface area contributed by atoms with Crippen LogP contribution in [0.15, 0.2) is 22.9 Å². The zero-order chi connectivity index (χ0) is 12.3. The molecule has 0 saturated carbocycles. The van der Waals surface area contributed by atoms with Crippen LogP contribution in [0.1, 0.15) is 40.8 Å². The largest absolute Gasteiger partial charge is 0.306 e. The van der Waals surface area contributed by atoms with E-state index in [2.05, 4.69) is 49.0 Å². The molecule has 0 fully saturated rings. The molecule has 2 aromatic heterocycles. The lowest BCUT2D eigenvalue weighted by atomic mass is 10.0. The summed E-state index contributed by atoms with van der Waals surface area (Å²) < 4.78 is 0. The first-order valence-electron chi connectivity index (χ1n) is 6.11. The Bertz CT molecular complexity index is 470. The van der Waals surface area contributed by atoms with Gasteiger partial charge in [-0.15, -0.1) is 22.7 Å². The molecule has 0 aliphatic carbocycles. The summed E-state index contributed by atoms with van der Waals surface area (Å²) in [5, 5.41) is 8.09. The lowest BCUT2D eigenvalue weighted by Crippen LogP contribution is -2.21. The van der Waals surface area contributed by atoms with E-state index in [1.807, 2.05) is 22.7 Å². The minimum atomic E-state index is 0.375. The average Bonchev–Trinajstić information content (AvgIpc) is 2.94. The van der Waals surface area contributed by atoms with E-state index in [0.717, 1.165) is 13.0 Å². The fourth-order valence-corrected chi connectivity index (χ4v) is 3.90. The van der Waals surface area contributed by atoms with E-state index in [4.69, 9.17) is 0 Å². The first kappa shape index (κ1) is 12.8. The van der Waals surface area contributed by atoms with Crippen LogP contribution in [0.25, 0.3) is 0 Å². The molecule has 1 N–H and O–H groups in total. The molecule has 2 rings (SSSR count). The van der Waals surface area contributed by atoms with Gasteiger partial charge in [-0.2, -0.15) is 0 Å². The second-order valence-corrected chi connectivity index (χ2v) is 6.21. The summed E-state index contributed by atoms with van der Waals surface area (Å²) in [6, 6.07) is 4.93. The van der Waals surface area contributed by atoms with Gasteiger partial charge in [0.25, 0.3) is 0 Å². The third-order valence-electron chi connectivity index (χ3n) is 2.92. The van der Waals surface area contributed by atoms with Crippen molar-refractivity contribution in [2.24, 2.45) is 0 Å². The van der Waals surface area contributed by atoms with Gasteiger partial charge in [0.2, 0.25) is 0 Å². The Balaban J connectivity index is 2.35. The Hall–Kier alpha value is -0.640. The third kappa shape index (κ3) is 2.79. The Morgan fingerprint density at radius 2 is 2.12 bits per heavy atom.